The predicted octanol–water partition coefficient (Wildman–Crippen LogP) is 5.79. The van der Waals surface area contributed by atoms with Crippen LogP contribution in [-0.2, 0) is 9.47 Å². The van der Waals surface area contributed by atoms with Crippen molar-refractivity contribution < 1.29 is 18.7 Å². The molecule has 1 saturated heterocycles. The van der Waals surface area contributed by atoms with Crippen molar-refractivity contribution in [2.75, 3.05) is 25.2 Å². The molecule has 3 rings (SSSR count). The Morgan fingerprint density at radius 1 is 1.31 bits per heavy atom. The average Bonchev–Trinajstić information content (AvgIpc) is 2.72. The van der Waals surface area contributed by atoms with Crippen molar-refractivity contribution in [2.45, 2.75) is 44.8 Å². The Bertz CT molecular complexity index is 875. The third-order valence-electron chi connectivity index (χ3n) is 5.49. The van der Waals surface area contributed by atoms with Gasteiger partial charge in [-0.1, -0.05) is 36.7 Å². The molecule has 0 amide bonds. The third-order valence-corrected chi connectivity index (χ3v) is 5.84. The lowest BCUT2D eigenvalue weighted by atomic mass is 9.84. The minimum absolute atomic E-state index is 0.0670. The Balaban J connectivity index is 1.97. The topological polar surface area (TPSA) is 38.8 Å². The van der Waals surface area contributed by atoms with E-state index < -0.39 is 11.8 Å². The number of hydrogen-bond donors (Lipinski definition) is 0. The Morgan fingerprint density at radius 2 is 2.07 bits per heavy atom. The van der Waals surface area contributed by atoms with Gasteiger partial charge >= 0.3 is 5.97 Å². The first-order valence-electron chi connectivity index (χ1n) is 9.91. The van der Waals surface area contributed by atoms with Gasteiger partial charge in [0, 0.05) is 30.3 Å². The largest absolute Gasteiger partial charge is 0.465 e. The average molecular weight is 420 g/mol. The van der Waals surface area contributed by atoms with Crippen LogP contribution in [-0.4, -0.2) is 31.8 Å². The van der Waals surface area contributed by atoms with Crippen LogP contribution in [0, 0.1) is 5.82 Å². The molecule has 2 aromatic rings. The van der Waals surface area contributed by atoms with Crippen LogP contribution < -0.4 is 4.90 Å². The lowest BCUT2D eigenvalue weighted by Gasteiger charge is -2.46. The van der Waals surface area contributed by atoms with E-state index in [0.29, 0.717) is 23.9 Å². The number of esters is 1. The standard InChI is InChI=1S/C23H27ClFNO3/c1-4-13-29-23(2)11-12-26(21(15-23)17-7-5-6-8-19(17)24)16-9-10-18(20(25)14-16)22(27)28-3/h5-10,14,21H,4,11-13,15H2,1-3H3. The van der Waals surface area contributed by atoms with Gasteiger partial charge in [-0.25, -0.2) is 9.18 Å². The molecule has 156 valence electrons. The summed E-state index contributed by atoms with van der Waals surface area (Å²) >= 11 is 6.52. The molecule has 0 N–H and O–H groups in total. The first kappa shape index (κ1) is 21.6. The minimum Gasteiger partial charge on any atom is -0.465 e. The number of halogens is 2. The van der Waals surface area contributed by atoms with Crippen LogP contribution in [0.25, 0.3) is 0 Å². The lowest BCUT2D eigenvalue weighted by Crippen LogP contribution is -2.46. The summed E-state index contributed by atoms with van der Waals surface area (Å²) in [6.07, 6.45) is 2.50. The molecule has 1 aliphatic rings. The van der Waals surface area contributed by atoms with Crippen LogP contribution in [0.15, 0.2) is 42.5 Å². The van der Waals surface area contributed by atoms with E-state index in [1.54, 1.807) is 6.07 Å². The quantitative estimate of drug-likeness (QED) is 0.555. The maximum atomic E-state index is 14.6. The number of ether oxygens (including phenoxy) is 2. The molecule has 6 heteroatoms. The second kappa shape index (κ2) is 9.14. The van der Waals surface area contributed by atoms with E-state index in [-0.39, 0.29) is 17.2 Å². The van der Waals surface area contributed by atoms with Crippen LogP contribution in [0.4, 0.5) is 10.1 Å². The molecule has 0 aromatic heterocycles. The molecule has 0 aliphatic carbocycles. The number of benzene rings is 2. The van der Waals surface area contributed by atoms with Crippen LogP contribution >= 0.6 is 11.6 Å². The number of anilines is 1. The van der Waals surface area contributed by atoms with Crippen molar-refractivity contribution in [2.24, 2.45) is 0 Å². The van der Waals surface area contributed by atoms with Gasteiger partial charge in [0.1, 0.15) is 5.82 Å². The second-order valence-corrected chi connectivity index (χ2v) is 8.05. The second-order valence-electron chi connectivity index (χ2n) is 7.64. The van der Waals surface area contributed by atoms with Crippen LogP contribution in [0.5, 0.6) is 0 Å². The molecule has 1 aliphatic heterocycles. The number of piperidine rings is 1. The van der Waals surface area contributed by atoms with E-state index in [2.05, 4.69) is 23.5 Å². The predicted molar refractivity (Wildman–Crippen MR) is 113 cm³/mol. The van der Waals surface area contributed by atoms with E-state index in [1.807, 2.05) is 24.3 Å². The monoisotopic (exact) mass is 419 g/mol. The van der Waals surface area contributed by atoms with E-state index in [9.17, 15) is 9.18 Å². The Hall–Kier alpha value is -2.11. The van der Waals surface area contributed by atoms with Gasteiger partial charge < -0.3 is 14.4 Å². The molecule has 1 heterocycles. The smallest absolute Gasteiger partial charge is 0.340 e. The fourth-order valence-corrected chi connectivity index (χ4v) is 4.17. The first-order chi connectivity index (χ1) is 13.9. The van der Waals surface area contributed by atoms with Gasteiger partial charge in [-0.05, 0) is 49.6 Å². The first-order valence-corrected chi connectivity index (χ1v) is 10.3. The van der Waals surface area contributed by atoms with Crippen molar-refractivity contribution >= 4 is 23.3 Å². The van der Waals surface area contributed by atoms with E-state index in [4.69, 9.17) is 16.3 Å². The summed E-state index contributed by atoms with van der Waals surface area (Å²) in [4.78, 5) is 13.9. The third kappa shape index (κ3) is 4.73. The zero-order chi connectivity index (χ0) is 21.0. The zero-order valence-corrected chi connectivity index (χ0v) is 17.8. The number of nitrogens with zero attached hydrogens (tertiary/aromatic N) is 1. The van der Waals surface area contributed by atoms with Crippen LogP contribution in [0.3, 0.4) is 0 Å². The highest BCUT2D eigenvalue weighted by Gasteiger charge is 2.39. The minimum atomic E-state index is -0.684. The summed E-state index contributed by atoms with van der Waals surface area (Å²) in [7, 11) is 1.24. The van der Waals surface area contributed by atoms with Crippen molar-refractivity contribution in [1.82, 2.24) is 0 Å². The lowest BCUT2D eigenvalue weighted by molar-refractivity contribution is -0.0560. The normalized spacial score (nSPS) is 21.8. The molecule has 1 fully saturated rings. The molecule has 2 atom stereocenters. The number of hydrogen-bond acceptors (Lipinski definition) is 4. The zero-order valence-electron chi connectivity index (χ0n) is 17.1. The fraction of sp³-hybridized carbons (Fsp3) is 0.435. The maximum Gasteiger partial charge on any atom is 0.340 e. The van der Waals surface area contributed by atoms with Crippen LogP contribution in [0.1, 0.15) is 55.1 Å². The SMILES string of the molecule is CCCOC1(C)CCN(c2ccc(C(=O)OC)c(F)c2)C(c2ccccc2Cl)C1. The Labute approximate surface area is 176 Å². The van der Waals surface area contributed by atoms with Gasteiger partial charge in [-0.3, -0.25) is 0 Å². The number of carbonyl (C=O) groups excluding carboxylic acids is 1. The highest BCUT2D eigenvalue weighted by Crippen LogP contribution is 2.43. The summed E-state index contributed by atoms with van der Waals surface area (Å²) in [5, 5.41) is 0.675. The number of rotatable bonds is 6. The van der Waals surface area contributed by atoms with Gasteiger partial charge in [0.2, 0.25) is 0 Å². The van der Waals surface area contributed by atoms with Gasteiger partial charge in [-0.15, -0.1) is 0 Å². The molecule has 2 aromatic carbocycles. The van der Waals surface area contributed by atoms with Crippen LogP contribution in [0.2, 0.25) is 5.02 Å². The molecule has 2 unspecified atom stereocenters. The summed E-state index contributed by atoms with van der Waals surface area (Å²) < 4.78 is 25.4. The Kier molecular flexibility index (Phi) is 6.81. The number of carbonyl (C=O) groups is 1. The molecule has 0 spiro atoms. The van der Waals surface area contributed by atoms with E-state index >= 15 is 0 Å². The summed E-state index contributed by atoms with van der Waals surface area (Å²) in [6.45, 7) is 5.61. The summed E-state index contributed by atoms with van der Waals surface area (Å²) in [5.41, 5.74) is 1.34. The number of methoxy groups -OCH3 is 1. The fourth-order valence-electron chi connectivity index (χ4n) is 3.90. The highest BCUT2D eigenvalue weighted by molar-refractivity contribution is 6.31. The highest BCUT2D eigenvalue weighted by atomic mass is 35.5. The molecular formula is C23H27ClFNO3. The molecular weight excluding hydrogens is 393 g/mol. The Morgan fingerprint density at radius 3 is 2.72 bits per heavy atom. The van der Waals surface area contributed by atoms with Crippen molar-refractivity contribution in [3.05, 3.63) is 64.4 Å². The summed E-state index contributed by atoms with van der Waals surface area (Å²) in [6, 6.07) is 12.3. The molecule has 29 heavy (non-hydrogen) atoms. The molecule has 0 radical (unpaired) electrons. The molecule has 4 nitrogen and oxygen atoms in total. The van der Waals surface area contributed by atoms with Gasteiger partial charge in [0.05, 0.1) is 24.3 Å². The van der Waals surface area contributed by atoms with E-state index in [0.717, 1.165) is 24.8 Å². The maximum absolute atomic E-state index is 14.6. The van der Waals surface area contributed by atoms with Crippen molar-refractivity contribution in [3.63, 3.8) is 0 Å². The van der Waals surface area contributed by atoms with E-state index in [1.165, 1.54) is 19.2 Å². The van der Waals surface area contributed by atoms with Gasteiger partial charge in [0.15, 0.2) is 0 Å². The van der Waals surface area contributed by atoms with Crippen molar-refractivity contribution in [1.29, 1.82) is 0 Å². The molecule has 0 bridgehead atoms. The molecule has 0 saturated carbocycles. The van der Waals surface area contributed by atoms with Gasteiger partial charge in [0.25, 0.3) is 0 Å². The van der Waals surface area contributed by atoms with Crippen molar-refractivity contribution in [3.8, 4) is 0 Å². The van der Waals surface area contributed by atoms with Gasteiger partial charge in [-0.2, -0.15) is 0 Å². The summed E-state index contributed by atoms with van der Waals surface area (Å²) in [5.74, 6) is -1.28.